The number of pyridine rings is 2. The van der Waals surface area contributed by atoms with Crippen LogP contribution in [0.4, 0.5) is 14.6 Å². The van der Waals surface area contributed by atoms with Gasteiger partial charge in [0, 0.05) is 25.8 Å². The zero-order valence-electron chi connectivity index (χ0n) is 24.4. The largest absolute Gasteiger partial charge is 0.507 e. The molecule has 0 radical (unpaired) electrons. The number of rotatable bonds is 4. The Bertz CT molecular complexity index is 2120. The first-order valence-electron chi connectivity index (χ1n) is 14.0. The first-order chi connectivity index (χ1) is 21.3. The smallest absolute Gasteiger partial charge is 0.355 e. The number of anilines is 1. The van der Waals surface area contributed by atoms with Crippen LogP contribution in [-0.4, -0.2) is 75.3 Å². The number of nitrogens with zero attached hydrogens (tertiary/aromatic N) is 6. The highest BCUT2D eigenvalue weighted by atomic mass is 35.5. The van der Waals surface area contributed by atoms with E-state index in [1.165, 1.54) is 4.90 Å². The van der Waals surface area contributed by atoms with Gasteiger partial charge in [-0.05, 0) is 42.7 Å². The van der Waals surface area contributed by atoms with Crippen molar-refractivity contribution in [1.82, 2.24) is 24.4 Å². The highest BCUT2D eigenvalue weighted by Crippen LogP contribution is 2.46. The number of benzene rings is 1. The van der Waals surface area contributed by atoms with Gasteiger partial charge < -0.3 is 14.9 Å². The second kappa shape index (κ2) is 10.9. The molecule has 2 aliphatic rings. The average molecular weight is 657 g/mol. The van der Waals surface area contributed by atoms with Crippen LogP contribution in [0.2, 0.25) is 5.02 Å². The van der Waals surface area contributed by atoms with Gasteiger partial charge in [0.2, 0.25) is 5.91 Å². The Kier molecular flexibility index (Phi) is 7.39. The maximum Gasteiger partial charge on any atom is 0.355 e. The fourth-order valence-corrected chi connectivity index (χ4v) is 8.45. The number of aromatic hydroxyl groups is 1. The first kappa shape index (κ1) is 30.6. The molecule has 1 atom stereocenters. The number of aryl methyl sites for hydroxylation is 1. The molecule has 5 heterocycles. The van der Waals surface area contributed by atoms with Gasteiger partial charge in [0.05, 0.1) is 44.8 Å². The molecule has 1 saturated heterocycles. The molecule has 1 unspecified atom stereocenters. The number of halogens is 3. The summed E-state index contributed by atoms with van der Waals surface area (Å²) in [6.07, 6.45) is 2.70. The number of phenolic OH excluding ortho intramolecular Hbond substituents is 1. The van der Waals surface area contributed by atoms with Crippen molar-refractivity contribution in [3.8, 4) is 22.7 Å². The lowest BCUT2D eigenvalue weighted by molar-refractivity contribution is -0.126. The minimum atomic E-state index is -4.40. The quantitative estimate of drug-likeness (QED) is 0.324. The van der Waals surface area contributed by atoms with Crippen LogP contribution >= 0.6 is 11.6 Å². The molecular formula is C30H27ClF2N6O5S. The first-order valence-corrected chi connectivity index (χ1v) is 16.0. The van der Waals surface area contributed by atoms with Crippen molar-refractivity contribution in [2.24, 2.45) is 0 Å². The van der Waals surface area contributed by atoms with Crippen molar-refractivity contribution in [3.63, 3.8) is 0 Å². The van der Waals surface area contributed by atoms with Gasteiger partial charge in [-0.1, -0.05) is 32.0 Å². The number of hydrogen-bond acceptors (Lipinski definition) is 9. The fraction of sp³-hybridized carbons (Fsp3) is 0.300. The summed E-state index contributed by atoms with van der Waals surface area (Å²) < 4.78 is 59.5. The number of amides is 1. The minimum absolute atomic E-state index is 0.0270. The summed E-state index contributed by atoms with van der Waals surface area (Å²) in [6.45, 7) is 9.22. The van der Waals surface area contributed by atoms with Crippen LogP contribution in [0, 0.1) is 18.6 Å². The summed E-state index contributed by atoms with van der Waals surface area (Å²) in [4.78, 5) is 42.5. The molecule has 1 fully saturated rings. The van der Waals surface area contributed by atoms with Crippen LogP contribution in [0.1, 0.15) is 31.0 Å². The summed E-state index contributed by atoms with van der Waals surface area (Å²) >= 11 is 6.77. The van der Waals surface area contributed by atoms with Gasteiger partial charge in [-0.2, -0.15) is 4.98 Å². The van der Waals surface area contributed by atoms with E-state index >= 15 is 4.39 Å². The molecule has 1 amide bonds. The summed E-state index contributed by atoms with van der Waals surface area (Å²) in [5.74, 6) is -4.79. The van der Waals surface area contributed by atoms with Crippen molar-refractivity contribution in [1.29, 1.82) is 0 Å². The molecule has 11 nitrogen and oxygen atoms in total. The maximum absolute atomic E-state index is 15.3. The zero-order chi connectivity index (χ0) is 32.5. The lowest BCUT2D eigenvalue weighted by Crippen LogP contribution is -2.57. The monoisotopic (exact) mass is 656 g/mol. The Labute approximate surface area is 261 Å². The molecule has 4 aromatic rings. The normalized spacial score (nSPS) is 17.4. The molecule has 2 aliphatic heterocycles. The molecule has 15 heteroatoms. The standard InChI is InChI=1S/C30H27ClF2N6O5S/c1-5-19(41)37-10-11-38-16(12-37)13-45(43,44)27-21-28(38)36-30(42)39(26-15(4)8-9-34-24(26)14(2)3)29(21)35-25(22(27)31)20-18(40)7-6-17(32)23(20)33/h5-9,14,16,40H,1,10-13H2,2-4H3. The molecule has 45 heavy (non-hydrogen) atoms. The van der Waals surface area contributed by atoms with Crippen LogP contribution in [0.25, 0.3) is 28.0 Å². The average Bonchev–Trinajstić information content (AvgIpc) is 3.08. The molecule has 3 aromatic heterocycles. The fourth-order valence-electron chi connectivity index (χ4n) is 6.04. The number of carbonyl (C=O) groups is 1. The molecule has 0 saturated carbocycles. The molecule has 0 spiro atoms. The van der Waals surface area contributed by atoms with Crippen LogP contribution in [0.5, 0.6) is 5.75 Å². The third kappa shape index (κ3) is 4.74. The van der Waals surface area contributed by atoms with Crippen LogP contribution in [0.3, 0.4) is 0 Å². The second-order valence-corrected chi connectivity index (χ2v) is 13.6. The van der Waals surface area contributed by atoms with Gasteiger partial charge in [0.1, 0.15) is 16.5 Å². The van der Waals surface area contributed by atoms with Crippen molar-refractivity contribution in [3.05, 3.63) is 75.4 Å². The topological polar surface area (TPSA) is 139 Å². The highest BCUT2D eigenvalue weighted by Gasteiger charge is 2.42. The highest BCUT2D eigenvalue weighted by molar-refractivity contribution is 7.91. The van der Waals surface area contributed by atoms with Crippen molar-refractivity contribution in [2.75, 3.05) is 30.3 Å². The summed E-state index contributed by atoms with van der Waals surface area (Å²) in [5, 5.41) is 9.97. The lowest BCUT2D eigenvalue weighted by atomic mass is 10.0. The van der Waals surface area contributed by atoms with E-state index in [1.54, 1.807) is 24.1 Å². The molecular weight excluding hydrogens is 630 g/mol. The van der Waals surface area contributed by atoms with Crippen LogP contribution < -0.4 is 10.6 Å². The predicted octanol–water partition coefficient (Wildman–Crippen LogP) is 3.90. The van der Waals surface area contributed by atoms with Crippen LogP contribution in [-0.2, 0) is 14.6 Å². The molecule has 1 N–H and O–H groups in total. The Hall–Kier alpha value is -4.43. The number of sulfone groups is 1. The number of aromatic nitrogens is 4. The molecule has 6 rings (SSSR count). The van der Waals surface area contributed by atoms with Crippen molar-refractivity contribution in [2.45, 2.75) is 37.6 Å². The number of carbonyl (C=O) groups excluding carboxylic acids is 1. The van der Waals surface area contributed by atoms with E-state index in [0.29, 0.717) is 17.3 Å². The van der Waals surface area contributed by atoms with Crippen molar-refractivity contribution < 1.29 is 27.1 Å². The van der Waals surface area contributed by atoms with E-state index in [4.69, 9.17) is 11.6 Å². The number of phenols is 1. The van der Waals surface area contributed by atoms with E-state index in [2.05, 4.69) is 21.5 Å². The number of piperazine rings is 1. The van der Waals surface area contributed by atoms with E-state index in [1.807, 2.05) is 13.8 Å². The van der Waals surface area contributed by atoms with Gasteiger partial charge >= 0.3 is 5.69 Å². The summed E-state index contributed by atoms with van der Waals surface area (Å²) in [5.41, 5.74) is -1.12. The minimum Gasteiger partial charge on any atom is -0.507 e. The maximum atomic E-state index is 15.3. The van der Waals surface area contributed by atoms with E-state index in [0.717, 1.165) is 16.7 Å². The second-order valence-electron chi connectivity index (χ2n) is 11.2. The number of fused-ring (bicyclic) bond motifs is 2. The Morgan fingerprint density at radius 1 is 1.20 bits per heavy atom. The molecule has 1 aromatic carbocycles. The van der Waals surface area contributed by atoms with Gasteiger partial charge in [0.25, 0.3) is 0 Å². The molecule has 0 bridgehead atoms. The Morgan fingerprint density at radius 2 is 1.93 bits per heavy atom. The third-order valence-electron chi connectivity index (χ3n) is 8.10. The van der Waals surface area contributed by atoms with Crippen molar-refractivity contribution >= 4 is 44.2 Å². The van der Waals surface area contributed by atoms with Gasteiger partial charge in [-0.15, -0.1) is 0 Å². The van der Waals surface area contributed by atoms with Gasteiger partial charge in [-0.3, -0.25) is 9.78 Å². The SMILES string of the molecule is C=CC(=O)N1CCN2c3nc(=O)n(-c4c(C)ccnc4C(C)C)c4nc(-c5c(O)ccc(F)c5F)c(Cl)c(c34)S(=O)(=O)CC2C1. The van der Waals surface area contributed by atoms with Gasteiger partial charge in [-0.25, -0.2) is 31.5 Å². The Morgan fingerprint density at radius 3 is 2.62 bits per heavy atom. The Balaban J connectivity index is 1.80. The molecule has 234 valence electrons. The van der Waals surface area contributed by atoms with E-state index in [-0.39, 0.29) is 48.1 Å². The zero-order valence-corrected chi connectivity index (χ0v) is 26.0. The lowest BCUT2D eigenvalue weighted by Gasteiger charge is -2.40. The summed E-state index contributed by atoms with van der Waals surface area (Å²) in [7, 11) is -4.40. The third-order valence-corrected chi connectivity index (χ3v) is 10.4. The number of hydrogen-bond donors (Lipinski definition) is 1. The van der Waals surface area contributed by atoms with E-state index < -0.39 is 71.8 Å². The van der Waals surface area contributed by atoms with Crippen LogP contribution in [0.15, 0.2) is 46.7 Å². The van der Waals surface area contributed by atoms with Gasteiger partial charge in [0.15, 0.2) is 27.1 Å². The van der Waals surface area contributed by atoms with E-state index in [9.17, 15) is 27.5 Å². The molecule has 0 aliphatic carbocycles. The predicted molar refractivity (Wildman–Crippen MR) is 164 cm³/mol. The summed E-state index contributed by atoms with van der Waals surface area (Å²) in [6, 6.07) is 2.40.